The van der Waals surface area contributed by atoms with Crippen molar-refractivity contribution in [3.8, 4) is 55.6 Å². The molecule has 0 radical (unpaired) electrons. The molecule has 0 nitrogen and oxygen atoms in total. The van der Waals surface area contributed by atoms with E-state index in [-0.39, 0.29) is 0 Å². The quantitative estimate of drug-likeness (QED) is 0.213. The zero-order valence-corrected chi connectivity index (χ0v) is 23.0. The van der Waals surface area contributed by atoms with Gasteiger partial charge in [-0.15, -0.1) is 0 Å². The molecule has 1 aliphatic rings. The van der Waals surface area contributed by atoms with Crippen LogP contribution < -0.4 is 0 Å². The van der Waals surface area contributed by atoms with Gasteiger partial charge in [0.15, 0.2) is 0 Å². The van der Waals surface area contributed by atoms with Gasteiger partial charge in [-0.1, -0.05) is 140 Å². The monoisotopic (exact) mass is 530 g/mol. The lowest BCUT2D eigenvalue weighted by Gasteiger charge is -2.12. The van der Waals surface area contributed by atoms with Gasteiger partial charge < -0.3 is 0 Å². The Kier molecular flexibility index (Phi) is 5.00. The van der Waals surface area contributed by atoms with Gasteiger partial charge in [-0.25, -0.2) is 0 Å². The molecule has 0 saturated carbocycles. The minimum Gasteiger partial charge on any atom is -0.0616 e. The molecule has 42 heavy (non-hydrogen) atoms. The van der Waals surface area contributed by atoms with E-state index in [1.165, 1.54) is 88.0 Å². The van der Waals surface area contributed by atoms with Crippen LogP contribution in [0.3, 0.4) is 0 Å². The normalized spacial score (nSPS) is 11.8. The molecular formula is C42H26. The smallest absolute Gasteiger partial charge is 0.00201 e. The summed E-state index contributed by atoms with van der Waals surface area (Å²) in [6, 6.07) is 58.0. The zero-order chi connectivity index (χ0) is 27.6. The minimum atomic E-state index is 1.25. The summed E-state index contributed by atoms with van der Waals surface area (Å²) >= 11 is 0. The molecule has 0 heteroatoms. The predicted molar refractivity (Wildman–Crippen MR) is 180 cm³/mol. The predicted octanol–water partition coefficient (Wildman–Crippen LogP) is 11.8. The Bertz CT molecular complexity index is 2350. The number of hydrogen-bond acceptors (Lipinski definition) is 0. The third kappa shape index (κ3) is 3.49. The molecule has 8 aromatic carbocycles. The van der Waals surface area contributed by atoms with Gasteiger partial charge >= 0.3 is 0 Å². The van der Waals surface area contributed by atoms with E-state index in [9.17, 15) is 0 Å². The second kappa shape index (κ2) is 9.03. The Labute approximate surface area is 245 Å². The van der Waals surface area contributed by atoms with Gasteiger partial charge in [-0.2, -0.15) is 0 Å². The third-order valence-electron chi connectivity index (χ3n) is 9.00. The molecule has 0 spiro atoms. The fraction of sp³-hybridized carbons (Fsp3) is 0. The SMILES string of the molecule is c1cc(-c2cccc3ccccc23)cc(-c2ccc3c4c(cccc24)-c2cc(-c4ccc5ccccc5c4)ccc2-3)c1. The van der Waals surface area contributed by atoms with Crippen molar-refractivity contribution in [2.75, 3.05) is 0 Å². The molecule has 0 heterocycles. The van der Waals surface area contributed by atoms with E-state index in [4.69, 9.17) is 0 Å². The summed E-state index contributed by atoms with van der Waals surface area (Å²) in [5.74, 6) is 0. The van der Waals surface area contributed by atoms with Crippen LogP contribution in [-0.2, 0) is 0 Å². The molecule has 0 saturated heterocycles. The highest BCUT2D eigenvalue weighted by Gasteiger charge is 2.23. The highest BCUT2D eigenvalue weighted by Crippen LogP contribution is 2.50. The van der Waals surface area contributed by atoms with Crippen LogP contribution in [-0.4, -0.2) is 0 Å². The molecule has 0 N–H and O–H groups in total. The molecule has 9 rings (SSSR count). The fourth-order valence-electron chi connectivity index (χ4n) is 6.99. The number of hydrogen-bond donors (Lipinski definition) is 0. The number of benzene rings is 8. The summed E-state index contributed by atoms with van der Waals surface area (Å²) in [4.78, 5) is 0. The minimum absolute atomic E-state index is 1.25. The molecule has 0 unspecified atom stereocenters. The van der Waals surface area contributed by atoms with Crippen LogP contribution in [0.5, 0.6) is 0 Å². The first-order valence-electron chi connectivity index (χ1n) is 14.6. The maximum absolute atomic E-state index is 2.38. The first kappa shape index (κ1) is 23.3. The maximum Gasteiger partial charge on any atom is -0.00201 e. The summed E-state index contributed by atoms with van der Waals surface area (Å²) in [5, 5.41) is 7.77. The lowest BCUT2D eigenvalue weighted by molar-refractivity contribution is 1.62. The van der Waals surface area contributed by atoms with Crippen molar-refractivity contribution in [3.05, 3.63) is 158 Å². The van der Waals surface area contributed by atoms with Gasteiger partial charge in [0.1, 0.15) is 0 Å². The standard InChI is InChI=1S/C42H26/c1-2-10-29-24-30(19-18-27(29)8-1)31-20-21-37-40-23-22-36(38-16-7-17-39(42(38)40)41(37)26-31)33-13-5-12-32(25-33)35-15-6-11-28-9-3-4-14-34(28)35/h1-26H. The summed E-state index contributed by atoms with van der Waals surface area (Å²) < 4.78 is 0. The van der Waals surface area contributed by atoms with Gasteiger partial charge in [0.25, 0.3) is 0 Å². The molecule has 0 amide bonds. The topological polar surface area (TPSA) is 0 Å². The maximum atomic E-state index is 2.38. The lowest BCUT2D eigenvalue weighted by atomic mass is 9.91. The van der Waals surface area contributed by atoms with E-state index in [2.05, 4.69) is 158 Å². The first-order valence-corrected chi connectivity index (χ1v) is 14.6. The zero-order valence-electron chi connectivity index (χ0n) is 23.0. The Morgan fingerprint density at radius 2 is 0.810 bits per heavy atom. The average Bonchev–Trinajstić information content (AvgIpc) is 3.39. The van der Waals surface area contributed by atoms with Gasteiger partial charge in [0, 0.05) is 0 Å². The van der Waals surface area contributed by atoms with E-state index in [1.54, 1.807) is 0 Å². The number of rotatable bonds is 3. The van der Waals surface area contributed by atoms with Crippen molar-refractivity contribution in [2.24, 2.45) is 0 Å². The lowest BCUT2D eigenvalue weighted by Crippen LogP contribution is -1.86. The molecule has 8 aromatic rings. The van der Waals surface area contributed by atoms with Gasteiger partial charge in [-0.3, -0.25) is 0 Å². The highest BCUT2D eigenvalue weighted by atomic mass is 14.3. The van der Waals surface area contributed by atoms with E-state index in [1.807, 2.05) is 0 Å². The fourth-order valence-corrected chi connectivity index (χ4v) is 6.99. The van der Waals surface area contributed by atoms with Gasteiger partial charge in [0.05, 0.1) is 0 Å². The second-order valence-electron chi connectivity index (χ2n) is 11.3. The largest absolute Gasteiger partial charge is 0.0616 e. The van der Waals surface area contributed by atoms with Crippen LogP contribution in [0.1, 0.15) is 0 Å². The molecule has 194 valence electrons. The molecule has 0 atom stereocenters. The average molecular weight is 531 g/mol. The number of fused-ring (bicyclic) bond motifs is 5. The van der Waals surface area contributed by atoms with Crippen molar-refractivity contribution in [1.29, 1.82) is 0 Å². The summed E-state index contributed by atoms with van der Waals surface area (Å²) in [5.41, 5.74) is 12.9. The van der Waals surface area contributed by atoms with Gasteiger partial charge in [-0.05, 0) is 106 Å². The van der Waals surface area contributed by atoms with E-state index < -0.39 is 0 Å². The second-order valence-corrected chi connectivity index (χ2v) is 11.3. The molecule has 0 aliphatic heterocycles. The van der Waals surface area contributed by atoms with Crippen molar-refractivity contribution >= 4 is 32.3 Å². The van der Waals surface area contributed by atoms with E-state index >= 15 is 0 Å². The van der Waals surface area contributed by atoms with Crippen LogP contribution in [0.25, 0.3) is 88.0 Å². The Morgan fingerprint density at radius 1 is 0.238 bits per heavy atom. The molecular weight excluding hydrogens is 504 g/mol. The van der Waals surface area contributed by atoms with Crippen LogP contribution in [0.15, 0.2) is 158 Å². The molecule has 0 bridgehead atoms. The summed E-state index contributed by atoms with van der Waals surface area (Å²) in [6.07, 6.45) is 0. The Hall–Kier alpha value is -5.46. The summed E-state index contributed by atoms with van der Waals surface area (Å²) in [7, 11) is 0. The molecule has 0 fully saturated rings. The summed E-state index contributed by atoms with van der Waals surface area (Å²) in [6.45, 7) is 0. The van der Waals surface area contributed by atoms with Crippen LogP contribution in [0, 0.1) is 0 Å². The van der Waals surface area contributed by atoms with Crippen LogP contribution in [0.4, 0.5) is 0 Å². The highest BCUT2D eigenvalue weighted by molar-refractivity contribution is 6.19. The van der Waals surface area contributed by atoms with E-state index in [0.29, 0.717) is 0 Å². The van der Waals surface area contributed by atoms with Crippen molar-refractivity contribution in [2.45, 2.75) is 0 Å². The Morgan fingerprint density at radius 3 is 1.71 bits per heavy atom. The van der Waals surface area contributed by atoms with Crippen LogP contribution >= 0.6 is 0 Å². The first-order chi connectivity index (χ1) is 20.8. The third-order valence-corrected chi connectivity index (χ3v) is 9.00. The van der Waals surface area contributed by atoms with Crippen molar-refractivity contribution in [3.63, 3.8) is 0 Å². The van der Waals surface area contributed by atoms with Crippen LogP contribution in [0.2, 0.25) is 0 Å². The van der Waals surface area contributed by atoms with E-state index in [0.717, 1.165) is 0 Å². The molecule has 0 aromatic heterocycles. The van der Waals surface area contributed by atoms with Crippen molar-refractivity contribution in [1.82, 2.24) is 0 Å². The van der Waals surface area contributed by atoms with Gasteiger partial charge in [0.2, 0.25) is 0 Å². The molecule has 1 aliphatic carbocycles. The Balaban J connectivity index is 1.18. The van der Waals surface area contributed by atoms with Crippen molar-refractivity contribution < 1.29 is 0 Å².